The first-order valence-corrected chi connectivity index (χ1v) is 8.36. The molecular weight excluding hydrogens is 359 g/mol. The molecule has 2 rings (SSSR count). The third-order valence-corrected chi connectivity index (χ3v) is 4.58. The molecule has 0 amide bonds. The van der Waals surface area contributed by atoms with E-state index < -0.39 is 5.97 Å². The van der Waals surface area contributed by atoms with Gasteiger partial charge in [0.2, 0.25) is 0 Å². The van der Waals surface area contributed by atoms with E-state index in [1.54, 1.807) is 6.07 Å². The highest BCUT2D eigenvalue weighted by atomic mass is 79.9. The second kappa shape index (κ2) is 6.79. The lowest BCUT2D eigenvalue weighted by Crippen LogP contribution is -2.05. The maximum atomic E-state index is 13.6. The van der Waals surface area contributed by atoms with Crippen molar-refractivity contribution in [1.29, 1.82) is 0 Å². The number of thioether (sulfide) groups is 1. The van der Waals surface area contributed by atoms with Gasteiger partial charge in [0.15, 0.2) is 5.16 Å². The standard InChI is InChI=1S/C14H16BrFN2O2S/c1-8(2)3-4-18-12-5-9(15)10(16)6-11(12)17-14(18)21-7-13(19)20/h5-6,8H,3-4,7H2,1-2H3,(H,19,20). The summed E-state index contributed by atoms with van der Waals surface area (Å²) in [7, 11) is 0. The number of fused-ring (bicyclic) bond motifs is 1. The molecule has 1 aromatic carbocycles. The molecule has 0 fully saturated rings. The van der Waals surface area contributed by atoms with Crippen LogP contribution in [0.2, 0.25) is 0 Å². The maximum Gasteiger partial charge on any atom is 0.313 e. The summed E-state index contributed by atoms with van der Waals surface area (Å²) in [5, 5.41) is 9.44. The molecule has 0 unspecified atom stereocenters. The average molecular weight is 375 g/mol. The third kappa shape index (κ3) is 3.97. The van der Waals surface area contributed by atoms with Crippen LogP contribution in [0.3, 0.4) is 0 Å². The number of carboxylic acid groups (broad SMARTS) is 1. The fraction of sp³-hybridized carbons (Fsp3) is 0.429. The first kappa shape index (κ1) is 16.3. The normalized spacial score (nSPS) is 11.5. The summed E-state index contributed by atoms with van der Waals surface area (Å²) in [6, 6.07) is 3.07. The fourth-order valence-electron chi connectivity index (χ4n) is 1.94. The van der Waals surface area contributed by atoms with Crippen LogP contribution in [0.25, 0.3) is 11.0 Å². The van der Waals surface area contributed by atoms with E-state index in [-0.39, 0.29) is 11.6 Å². The number of hydrogen-bond acceptors (Lipinski definition) is 3. The highest BCUT2D eigenvalue weighted by Gasteiger charge is 2.15. The molecule has 0 aliphatic heterocycles. The van der Waals surface area contributed by atoms with Gasteiger partial charge in [-0.2, -0.15) is 0 Å². The van der Waals surface area contributed by atoms with Gasteiger partial charge < -0.3 is 9.67 Å². The minimum Gasteiger partial charge on any atom is -0.481 e. The summed E-state index contributed by atoms with van der Waals surface area (Å²) in [6.45, 7) is 4.98. The van der Waals surface area contributed by atoms with Gasteiger partial charge in [-0.15, -0.1) is 0 Å². The summed E-state index contributed by atoms with van der Waals surface area (Å²) in [6.07, 6.45) is 0.946. The SMILES string of the molecule is CC(C)CCn1c(SCC(=O)O)nc2cc(F)c(Br)cc21. The smallest absolute Gasteiger partial charge is 0.313 e. The summed E-state index contributed by atoms with van der Waals surface area (Å²) in [5.41, 5.74) is 1.36. The summed E-state index contributed by atoms with van der Waals surface area (Å²) >= 11 is 4.34. The lowest BCUT2D eigenvalue weighted by Gasteiger charge is -2.10. The van der Waals surface area contributed by atoms with Gasteiger partial charge in [-0.25, -0.2) is 9.37 Å². The van der Waals surface area contributed by atoms with Gasteiger partial charge >= 0.3 is 5.97 Å². The second-order valence-electron chi connectivity index (χ2n) is 5.17. The number of aliphatic carboxylic acids is 1. The molecule has 1 heterocycles. The molecule has 0 spiro atoms. The van der Waals surface area contributed by atoms with Gasteiger partial charge in [-0.1, -0.05) is 25.6 Å². The molecule has 1 N–H and O–H groups in total. The number of aryl methyl sites for hydroxylation is 1. The van der Waals surface area contributed by atoms with Gasteiger partial charge in [-0.05, 0) is 34.3 Å². The van der Waals surface area contributed by atoms with Crippen LogP contribution in [0.5, 0.6) is 0 Å². The van der Waals surface area contributed by atoms with Crippen LogP contribution in [0.15, 0.2) is 21.8 Å². The Kier molecular flexibility index (Phi) is 5.27. The summed E-state index contributed by atoms with van der Waals surface area (Å²) < 4.78 is 16.0. The molecule has 0 bridgehead atoms. The van der Waals surface area contributed by atoms with Gasteiger partial charge in [0, 0.05) is 12.6 Å². The lowest BCUT2D eigenvalue weighted by molar-refractivity contribution is -0.133. The molecule has 4 nitrogen and oxygen atoms in total. The number of halogens is 2. The molecule has 7 heteroatoms. The zero-order valence-corrected chi connectivity index (χ0v) is 14.2. The molecule has 114 valence electrons. The van der Waals surface area contributed by atoms with Crippen LogP contribution < -0.4 is 0 Å². The quantitative estimate of drug-likeness (QED) is 0.771. The number of benzene rings is 1. The van der Waals surface area contributed by atoms with Gasteiger partial charge in [0.25, 0.3) is 0 Å². The molecule has 0 radical (unpaired) electrons. The van der Waals surface area contributed by atoms with Crippen molar-refractivity contribution in [1.82, 2.24) is 9.55 Å². The van der Waals surface area contributed by atoms with Gasteiger partial charge in [0.1, 0.15) is 5.82 Å². The van der Waals surface area contributed by atoms with Crippen LogP contribution in [0, 0.1) is 11.7 Å². The zero-order chi connectivity index (χ0) is 15.6. The Morgan fingerprint density at radius 2 is 2.24 bits per heavy atom. The van der Waals surface area contributed by atoms with E-state index in [1.165, 1.54) is 6.07 Å². The minimum atomic E-state index is -0.894. The van der Waals surface area contributed by atoms with Crippen molar-refractivity contribution in [3.63, 3.8) is 0 Å². The third-order valence-electron chi connectivity index (χ3n) is 3.01. The Balaban J connectivity index is 2.43. The maximum absolute atomic E-state index is 13.6. The van der Waals surface area contributed by atoms with E-state index in [1.807, 2.05) is 4.57 Å². The summed E-state index contributed by atoms with van der Waals surface area (Å²) in [4.78, 5) is 15.1. The largest absolute Gasteiger partial charge is 0.481 e. The summed E-state index contributed by atoms with van der Waals surface area (Å²) in [5.74, 6) is -0.807. The zero-order valence-electron chi connectivity index (χ0n) is 11.8. The van der Waals surface area contributed by atoms with E-state index in [9.17, 15) is 9.18 Å². The van der Waals surface area contributed by atoms with Crippen LogP contribution in [0.1, 0.15) is 20.3 Å². The van der Waals surface area contributed by atoms with Crippen molar-refractivity contribution in [2.75, 3.05) is 5.75 Å². The number of carboxylic acids is 1. The first-order valence-electron chi connectivity index (χ1n) is 6.58. The Morgan fingerprint density at radius 3 is 2.86 bits per heavy atom. The highest BCUT2D eigenvalue weighted by Crippen LogP contribution is 2.29. The van der Waals surface area contributed by atoms with Crippen molar-refractivity contribution >= 4 is 44.7 Å². The first-order chi connectivity index (χ1) is 9.88. The van der Waals surface area contributed by atoms with Gasteiger partial charge in [0.05, 0.1) is 21.3 Å². The molecule has 2 aromatic rings. The number of carbonyl (C=O) groups is 1. The van der Waals surface area contributed by atoms with E-state index >= 15 is 0 Å². The minimum absolute atomic E-state index is 0.0609. The van der Waals surface area contributed by atoms with Crippen molar-refractivity contribution < 1.29 is 14.3 Å². The van der Waals surface area contributed by atoms with Crippen LogP contribution in [-0.2, 0) is 11.3 Å². The Morgan fingerprint density at radius 1 is 1.52 bits per heavy atom. The Bertz CT molecular complexity index is 673. The van der Waals surface area contributed by atoms with Crippen LogP contribution in [0.4, 0.5) is 4.39 Å². The predicted octanol–water partition coefficient (Wildman–Crippen LogP) is 4.16. The Labute approximate surface area is 134 Å². The molecule has 21 heavy (non-hydrogen) atoms. The van der Waals surface area contributed by atoms with Gasteiger partial charge in [-0.3, -0.25) is 4.79 Å². The van der Waals surface area contributed by atoms with Crippen molar-refractivity contribution in [3.05, 3.63) is 22.4 Å². The fourth-order valence-corrected chi connectivity index (χ4v) is 3.03. The molecule has 0 aliphatic carbocycles. The molecule has 1 aromatic heterocycles. The topological polar surface area (TPSA) is 55.1 Å². The van der Waals surface area contributed by atoms with E-state index in [0.29, 0.717) is 21.1 Å². The van der Waals surface area contributed by atoms with Crippen molar-refractivity contribution in [2.24, 2.45) is 5.92 Å². The average Bonchev–Trinajstić information content (AvgIpc) is 2.71. The second-order valence-corrected chi connectivity index (χ2v) is 6.96. The number of rotatable bonds is 6. The number of nitrogens with zero attached hydrogens (tertiary/aromatic N) is 2. The number of hydrogen-bond donors (Lipinski definition) is 1. The van der Waals surface area contributed by atoms with E-state index in [2.05, 4.69) is 34.8 Å². The number of imidazole rings is 1. The van der Waals surface area contributed by atoms with Crippen molar-refractivity contribution in [2.45, 2.75) is 32.0 Å². The van der Waals surface area contributed by atoms with E-state index in [0.717, 1.165) is 30.2 Å². The van der Waals surface area contributed by atoms with Crippen LogP contribution in [-0.4, -0.2) is 26.4 Å². The molecule has 0 atom stereocenters. The lowest BCUT2D eigenvalue weighted by atomic mass is 10.1. The molecule has 0 aliphatic rings. The molecule has 0 saturated carbocycles. The van der Waals surface area contributed by atoms with E-state index in [4.69, 9.17) is 5.11 Å². The monoisotopic (exact) mass is 374 g/mol. The number of aromatic nitrogens is 2. The predicted molar refractivity (Wildman–Crippen MR) is 85.2 cm³/mol. The van der Waals surface area contributed by atoms with Crippen molar-refractivity contribution in [3.8, 4) is 0 Å². The highest BCUT2D eigenvalue weighted by molar-refractivity contribution is 9.10. The molecule has 0 saturated heterocycles. The van der Waals surface area contributed by atoms with Crippen LogP contribution >= 0.6 is 27.7 Å². The molecular formula is C14H16BrFN2O2S. The Hall–Kier alpha value is -1.08.